The number of anilines is 2. The van der Waals surface area contributed by atoms with Gasteiger partial charge in [0, 0.05) is 11.6 Å². The Morgan fingerprint density at radius 2 is 1.36 bits per heavy atom. The van der Waals surface area contributed by atoms with Gasteiger partial charge in [-0.05, 0) is 36.4 Å². The van der Waals surface area contributed by atoms with Crippen molar-refractivity contribution in [2.75, 3.05) is 19.2 Å². The van der Waals surface area contributed by atoms with Crippen molar-refractivity contribution in [1.29, 1.82) is 0 Å². The lowest BCUT2D eigenvalue weighted by Crippen LogP contribution is -2.09. The van der Waals surface area contributed by atoms with Gasteiger partial charge in [0.2, 0.25) is 0 Å². The summed E-state index contributed by atoms with van der Waals surface area (Å²) in [6.07, 6.45) is 1.79. The van der Waals surface area contributed by atoms with Crippen LogP contribution in [0.25, 0.3) is 0 Å². The molecule has 0 saturated heterocycles. The fraction of sp³-hybridized carbons (Fsp3) is 0.0952. The SMILES string of the molecule is COc1ccc(/C=N\N(c2ccccc2)c2ccccc2)c(OC)c1. The zero-order chi connectivity index (χ0) is 17.5. The summed E-state index contributed by atoms with van der Waals surface area (Å²) in [6.45, 7) is 0. The van der Waals surface area contributed by atoms with Crippen molar-refractivity contribution in [3.63, 3.8) is 0 Å². The molecule has 0 fully saturated rings. The molecule has 0 atom stereocenters. The smallest absolute Gasteiger partial charge is 0.131 e. The van der Waals surface area contributed by atoms with Gasteiger partial charge in [0.05, 0.1) is 31.8 Å². The quantitative estimate of drug-likeness (QED) is 0.477. The van der Waals surface area contributed by atoms with E-state index in [1.807, 2.05) is 83.9 Å². The van der Waals surface area contributed by atoms with E-state index in [9.17, 15) is 0 Å². The second-order valence-electron chi connectivity index (χ2n) is 5.34. The maximum Gasteiger partial charge on any atom is 0.131 e. The monoisotopic (exact) mass is 332 g/mol. The second-order valence-corrected chi connectivity index (χ2v) is 5.34. The van der Waals surface area contributed by atoms with Gasteiger partial charge in [-0.15, -0.1) is 0 Å². The molecule has 0 unspecified atom stereocenters. The van der Waals surface area contributed by atoms with E-state index in [-0.39, 0.29) is 0 Å². The largest absolute Gasteiger partial charge is 0.497 e. The van der Waals surface area contributed by atoms with Gasteiger partial charge < -0.3 is 9.47 Å². The van der Waals surface area contributed by atoms with Gasteiger partial charge in [-0.2, -0.15) is 5.10 Å². The Kier molecular flexibility index (Phi) is 5.32. The lowest BCUT2D eigenvalue weighted by Gasteiger charge is -2.19. The summed E-state index contributed by atoms with van der Waals surface area (Å²) in [5, 5.41) is 6.58. The summed E-state index contributed by atoms with van der Waals surface area (Å²) in [4.78, 5) is 0. The van der Waals surface area contributed by atoms with Gasteiger partial charge in [0.25, 0.3) is 0 Å². The van der Waals surface area contributed by atoms with Gasteiger partial charge >= 0.3 is 0 Å². The molecule has 0 aliphatic heterocycles. The van der Waals surface area contributed by atoms with E-state index < -0.39 is 0 Å². The summed E-state index contributed by atoms with van der Waals surface area (Å²) < 4.78 is 10.7. The van der Waals surface area contributed by atoms with Crippen molar-refractivity contribution in [1.82, 2.24) is 0 Å². The average molecular weight is 332 g/mol. The Morgan fingerprint density at radius 3 is 1.88 bits per heavy atom. The molecule has 0 spiro atoms. The van der Waals surface area contributed by atoms with Crippen LogP contribution in [0.5, 0.6) is 11.5 Å². The molecule has 0 aliphatic rings. The minimum absolute atomic E-state index is 0.712. The molecule has 0 amide bonds. The number of benzene rings is 3. The highest BCUT2D eigenvalue weighted by Gasteiger charge is 2.08. The van der Waals surface area contributed by atoms with E-state index >= 15 is 0 Å². The highest BCUT2D eigenvalue weighted by molar-refractivity contribution is 5.85. The molecule has 4 nitrogen and oxygen atoms in total. The topological polar surface area (TPSA) is 34.1 Å². The van der Waals surface area contributed by atoms with Crippen LogP contribution in [-0.4, -0.2) is 20.4 Å². The number of para-hydroxylation sites is 2. The van der Waals surface area contributed by atoms with Crippen molar-refractivity contribution in [3.8, 4) is 11.5 Å². The molecule has 126 valence electrons. The van der Waals surface area contributed by atoms with Crippen molar-refractivity contribution in [3.05, 3.63) is 84.4 Å². The Bertz CT molecular complexity index is 794. The molecule has 0 N–H and O–H groups in total. The van der Waals surface area contributed by atoms with E-state index in [4.69, 9.17) is 9.47 Å². The van der Waals surface area contributed by atoms with E-state index in [1.165, 1.54) is 0 Å². The van der Waals surface area contributed by atoms with Crippen LogP contribution in [0.3, 0.4) is 0 Å². The zero-order valence-corrected chi connectivity index (χ0v) is 14.3. The minimum Gasteiger partial charge on any atom is -0.497 e. The third-order valence-corrected chi connectivity index (χ3v) is 3.75. The third kappa shape index (κ3) is 3.98. The molecule has 0 bridgehead atoms. The van der Waals surface area contributed by atoms with Gasteiger partial charge in [-0.1, -0.05) is 36.4 Å². The fourth-order valence-corrected chi connectivity index (χ4v) is 2.47. The van der Waals surface area contributed by atoms with E-state index in [1.54, 1.807) is 20.4 Å². The first-order valence-corrected chi connectivity index (χ1v) is 7.98. The molecule has 25 heavy (non-hydrogen) atoms. The number of methoxy groups -OCH3 is 2. The number of hydrogen-bond donors (Lipinski definition) is 0. The Hall–Kier alpha value is -3.27. The first-order chi connectivity index (χ1) is 12.3. The normalized spacial score (nSPS) is 10.6. The predicted molar refractivity (Wildman–Crippen MR) is 102 cm³/mol. The van der Waals surface area contributed by atoms with E-state index in [0.29, 0.717) is 5.75 Å². The van der Waals surface area contributed by atoms with Crippen LogP contribution in [0, 0.1) is 0 Å². The van der Waals surface area contributed by atoms with Crippen molar-refractivity contribution in [2.24, 2.45) is 5.10 Å². The van der Waals surface area contributed by atoms with Crippen LogP contribution in [0.2, 0.25) is 0 Å². The van der Waals surface area contributed by atoms with Crippen molar-refractivity contribution < 1.29 is 9.47 Å². The van der Waals surface area contributed by atoms with Crippen LogP contribution in [0.15, 0.2) is 84.0 Å². The molecular weight excluding hydrogens is 312 g/mol. The Balaban J connectivity index is 1.97. The van der Waals surface area contributed by atoms with Crippen LogP contribution in [-0.2, 0) is 0 Å². The van der Waals surface area contributed by atoms with Crippen molar-refractivity contribution >= 4 is 17.6 Å². The number of rotatable bonds is 6. The van der Waals surface area contributed by atoms with E-state index in [2.05, 4.69) is 5.10 Å². The molecule has 3 aromatic carbocycles. The Morgan fingerprint density at radius 1 is 0.760 bits per heavy atom. The average Bonchev–Trinajstić information content (AvgIpc) is 2.70. The molecular formula is C21H20N2O2. The maximum atomic E-state index is 5.44. The highest BCUT2D eigenvalue weighted by atomic mass is 16.5. The summed E-state index contributed by atoms with van der Waals surface area (Å²) in [6, 6.07) is 25.7. The number of nitrogens with zero attached hydrogens (tertiary/aromatic N) is 2. The zero-order valence-electron chi connectivity index (χ0n) is 14.3. The van der Waals surface area contributed by atoms with Crippen LogP contribution < -0.4 is 14.5 Å². The van der Waals surface area contributed by atoms with Gasteiger partial charge in [-0.25, -0.2) is 5.01 Å². The first kappa shape index (κ1) is 16.6. The third-order valence-electron chi connectivity index (χ3n) is 3.75. The van der Waals surface area contributed by atoms with Crippen LogP contribution in [0.4, 0.5) is 11.4 Å². The number of hydrazone groups is 1. The predicted octanol–water partition coefficient (Wildman–Crippen LogP) is 4.88. The summed E-state index contributed by atoms with van der Waals surface area (Å²) in [7, 11) is 3.27. The molecule has 0 radical (unpaired) electrons. The summed E-state index contributed by atoms with van der Waals surface area (Å²) in [5.74, 6) is 1.46. The van der Waals surface area contributed by atoms with Gasteiger partial charge in [-0.3, -0.25) is 0 Å². The lowest BCUT2D eigenvalue weighted by atomic mass is 10.2. The lowest BCUT2D eigenvalue weighted by molar-refractivity contribution is 0.394. The molecule has 4 heteroatoms. The molecule has 3 rings (SSSR count). The highest BCUT2D eigenvalue weighted by Crippen LogP contribution is 2.27. The van der Waals surface area contributed by atoms with Crippen LogP contribution >= 0.6 is 0 Å². The molecule has 0 heterocycles. The van der Waals surface area contributed by atoms with E-state index in [0.717, 1.165) is 22.7 Å². The van der Waals surface area contributed by atoms with Crippen molar-refractivity contribution in [2.45, 2.75) is 0 Å². The standard InChI is InChI=1S/C21H20N2O2/c1-24-20-14-13-17(21(15-20)25-2)16-22-23(18-9-5-3-6-10-18)19-11-7-4-8-12-19/h3-16H,1-2H3/b22-16-. The number of hydrogen-bond acceptors (Lipinski definition) is 4. The minimum atomic E-state index is 0.712. The van der Waals surface area contributed by atoms with Gasteiger partial charge in [0.15, 0.2) is 0 Å². The fourth-order valence-electron chi connectivity index (χ4n) is 2.47. The molecule has 3 aromatic rings. The first-order valence-electron chi connectivity index (χ1n) is 7.98. The number of ether oxygens (including phenoxy) is 2. The molecule has 0 aliphatic carbocycles. The van der Waals surface area contributed by atoms with Crippen LogP contribution in [0.1, 0.15) is 5.56 Å². The molecule has 0 saturated carbocycles. The van der Waals surface area contributed by atoms with Gasteiger partial charge in [0.1, 0.15) is 11.5 Å². The summed E-state index contributed by atoms with van der Waals surface area (Å²) in [5.41, 5.74) is 2.84. The second kappa shape index (κ2) is 8.02. The Labute approximate surface area is 147 Å². The molecule has 0 aromatic heterocycles. The maximum absolute atomic E-state index is 5.44. The summed E-state index contributed by atoms with van der Waals surface area (Å²) >= 11 is 0.